The van der Waals surface area contributed by atoms with Gasteiger partial charge in [-0.15, -0.1) is 5.73 Å². The van der Waals surface area contributed by atoms with Gasteiger partial charge in [0, 0.05) is 51.6 Å². The van der Waals surface area contributed by atoms with E-state index in [0.717, 1.165) is 0 Å². The van der Waals surface area contributed by atoms with Crippen molar-refractivity contribution in [3.05, 3.63) is 77.3 Å². The van der Waals surface area contributed by atoms with Crippen molar-refractivity contribution < 1.29 is 0 Å². The first-order chi connectivity index (χ1) is 13.2. The molecule has 128 valence electrons. The number of hydrogen-bond acceptors (Lipinski definition) is 0. The van der Waals surface area contributed by atoms with E-state index < -0.39 is 0 Å². The summed E-state index contributed by atoms with van der Waals surface area (Å²) in [6.07, 6.45) is 6.23. The number of fused-ring (bicyclic) bond motifs is 7. The Labute approximate surface area is 156 Å². The van der Waals surface area contributed by atoms with E-state index in [4.69, 9.17) is 0 Å². The van der Waals surface area contributed by atoms with Gasteiger partial charge < -0.3 is 8.97 Å². The second-order valence-electron chi connectivity index (χ2n) is 7.29. The maximum Gasteiger partial charge on any atom is 0.0638 e. The van der Waals surface area contributed by atoms with Crippen molar-refractivity contribution in [3.8, 4) is 0 Å². The van der Waals surface area contributed by atoms with Crippen molar-refractivity contribution >= 4 is 56.3 Å². The summed E-state index contributed by atoms with van der Waals surface area (Å²) >= 11 is 0. The van der Waals surface area contributed by atoms with Crippen LogP contribution in [0.1, 0.15) is 22.5 Å². The fourth-order valence-electron chi connectivity index (χ4n) is 4.85. The molecule has 0 saturated heterocycles. The molecular weight excluding hydrogens is 328 g/mol. The molecule has 2 heteroatoms. The quantitative estimate of drug-likeness (QED) is 0.308. The molecule has 1 aliphatic rings. The van der Waals surface area contributed by atoms with Gasteiger partial charge in [0.1, 0.15) is 0 Å². The van der Waals surface area contributed by atoms with Crippen LogP contribution >= 0.6 is 0 Å². The lowest BCUT2D eigenvalue weighted by molar-refractivity contribution is 0.924. The third kappa shape index (κ3) is 1.58. The normalized spacial score (nSPS) is 12.8. The van der Waals surface area contributed by atoms with Crippen LogP contribution in [-0.4, -0.2) is 8.97 Å². The standard InChI is InChI=1S/C25H18N2/c1-4-16-17-9-5-6-12-20(17)27-21-13-7-10-18(21)19-11-8-14-22-24(19)23(25(16)27)15(2)26(22)3/h4-6,8-14H,1H2,2-3H3. The molecule has 0 N–H and O–H groups in total. The number of aromatic nitrogens is 2. The van der Waals surface area contributed by atoms with Gasteiger partial charge >= 0.3 is 0 Å². The fourth-order valence-corrected chi connectivity index (χ4v) is 4.85. The molecule has 3 heterocycles. The molecule has 0 radical (unpaired) electrons. The molecule has 1 aliphatic carbocycles. The number of rotatable bonds is 1. The van der Waals surface area contributed by atoms with E-state index in [-0.39, 0.29) is 0 Å². The number of aryl methyl sites for hydroxylation is 2. The van der Waals surface area contributed by atoms with Crippen LogP contribution < -0.4 is 0 Å². The molecule has 0 bridgehead atoms. The largest absolute Gasteiger partial charge is 0.347 e. The Kier molecular flexibility index (Phi) is 2.62. The van der Waals surface area contributed by atoms with Crippen LogP contribution in [0.3, 0.4) is 0 Å². The molecular formula is C25H18N2. The van der Waals surface area contributed by atoms with E-state index in [0.29, 0.717) is 0 Å². The molecule has 0 fully saturated rings. The Morgan fingerprint density at radius 2 is 1.70 bits per heavy atom. The molecule has 0 amide bonds. The second-order valence-corrected chi connectivity index (χ2v) is 7.29. The van der Waals surface area contributed by atoms with Crippen LogP contribution in [0.15, 0.2) is 54.8 Å². The summed E-state index contributed by atoms with van der Waals surface area (Å²) in [4.78, 5) is 0. The molecule has 0 atom stereocenters. The molecule has 2 aromatic carbocycles. The van der Waals surface area contributed by atoms with Crippen molar-refractivity contribution in [1.82, 2.24) is 8.97 Å². The highest BCUT2D eigenvalue weighted by molar-refractivity contribution is 6.22. The van der Waals surface area contributed by atoms with Gasteiger partial charge in [-0.1, -0.05) is 43.0 Å². The highest BCUT2D eigenvalue weighted by Crippen LogP contribution is 2.42. The zero-order valence-electron chi connectivity index (χ0n) is 15.4. The van der Waals surface area contributed by atoms with Crippen LogP contribution in [0.4, 0.5) is 0 Å². The van der Waals surface area contributed by atoms with Crippen LogP contribution in [-0.2, 0) is 7.05 Å². The van der Waals surface area contributed by atoms with Crippen molar-refractivity contribution in [1.29, 1.82) is 0 Å². The third-order valence-corrected chi connectivity index (χ3v) is 6.13. The van der Waals surface area contributed by atoms with Crippen LogP contribution in [0.5, 0.6) is 0 Å². The van der Waals surface area contributed by atoms with E-state index in [2.05, 4.69) is 89.9 Å². The summed E-state index contributed by atoms with van der Waals surface area (Å²) < 4.78 is 4.71. The predicted molar refractivity (Wildman–Crippen MR) is 116 cm³/mol. The molecule has 6 rings (SSSR count). The molecule has 5 aromatic rings. The first-order valence-corrected chi connectivity index (χ1v) is 9.24. The van der Waals surface area contributed by atoms with Gasteiger partial charge in [0.2, 0.25) is 0 Å². The lowest BCUT2D eigenvalue weighted by Gasteiger charge is -2.04. The highest BCUT2D eigenvalue weighted by Gasteiger charge is 2.22. The molecule has 0 aliphatic heterocycles. The maximum atomic E-state index is 4.16. The van der Waals surface area contributed by atoms with Gasteiger partial charge in [-0.25, -0.2) is 0 Å². The van der Waals surface area contributed by atoms with Crippen molar-refractivity contribution in [2.75, 3.05) is 0 Å². The average Bonchev–Trinajstić information content (AvgIpc) is 3.33. The molecule has 0 saturated carbocycles. The molecule has 27 heavy (non-hydrogen) atoms. The Morgan fingerprint density at radius 1 is 0.926 bits per heavy atom. The van der Waals surface area contributed by atoms with E-state index in [1.165, 1.54) is 60.6 Å². The van der Waals surface area contributed by atoms with E-state index in [9.17, 15) is 0 Å². The lowest BCUT2D eigenvalue weighted by Crippen LogP contribution is -1.93. The Balaban J connectivity index is 2.15. The summed E-state index contributed by atoms with van der Waals surface area (Å²) in [5.41, 5.74) is 12.0. The predicted octanol–water partition coefficient (Wildman–Crippen LogP) is 6.33. The maximum absolute atomic E-state index is 4.16. The minimum absolute atomic E-state index is 1.19. The monoisotopic (exact) mass is 346 g/mol. The fraction of sp³-hybridized carbons (Fsp3) is 0.0800. The van der Waals surface area contributed by atoms with Gasteiger partial charge in [-0.05, 0) is 30.5 Å². The average molecular weight is 346 g/mol. The second kappa shape index (κ2) is 4.82. The summed E-state index contributed by atoms with van der Waals surface area (Å²) in [6.45, 7) is 6.38. The number of benzene rings is 2. The summed E-state index contributed by atoms with van der Waals surface area (Å²) in [5.74, 6) is 0. The highest BCUT2D eigenvalue weighted by atomic mass is 15.0. The zero-order valence-corrected chi connectivity index (χ0v) is 15.4. The van der Waals surface area contributed by atoms with Crippen molar-refractivity contribution in [3.63, 3.8) is 0 Å². The number of hydrogen-bond donors (Lipinski definition) is 0. The molecule has 0 unspecified atom stereocenters. The summed E-state index contributed by atoms with van der Waals surface area (Å²) in [5, 5.41) is 5.16. The van der Waals surface area contributed by atoms with E-state index in [1.807, 2.05) is 6.08 Å². The first-order valence-electron chi connectivity index (χ1n) is 9.24. The lowest BCUT2D eigenvalue weighted by atomic mass is 10.0. The molecule has 0 spiro atoms. The van der Waals surface area contributed by atoms with Gasteiger partial charge in [0.25, 0.3) is 0 Å². The van der Waals surface area contributed by atoms with Gasteiger partial charge in [0.05, 0.1) is 16.7 Å². The Morgan fingerprint density at radius 3 is 2.56 bits per heavy atom. The Hall–Kier alpha value is -3.48. The van der Waals surface area contributed by atoms with Crippen molar-refractivity contribution in [2.24, 2.45) is 7.05 Å². The zero-order chi connectivity index (χ0) is 18.3. The van der Waals surface area contributed by atoms with Crippen molar-refractivity contribution in [2.45, 2.75) is 6.92 Å². The van der Waals surface area contributed by atoms with Gasteiger partial charge in [-0.3, -0.25) is 0 Å². The van der Waals surface area contributed by atoms with Crippen LogP contribution in [0.25, 0.3) is 56.3 Å². The minimum Gasteiger partial charge on any atom is -0.347 e. The number of nitrogens with zero attached hydrogens (tertiary/aromatic N) is 2. The number of para-hydroxylation sites is 1. The summed E-state index contributed by atoms with van der Waals surface area (Å²) in [7, 11) is 2.16. The van der Waals surface area contributed by atoms with Crippen LogP contribution in [0.2, 0.25) is 0 Å². The first kappa shape index (κ1) is 14.7. The van der Waals surface area contributed by atoms with E-state index in [1.54, 1.807) is 0 Å². The third-order valence-electron chi connectivity index (χ3n) is 6.13. The summed E-state index contributed by atoms with van der Waals surface area (Å²) in [6, 6.07) is 15.2. The SMILES string of the molecule is C=Cc1c2ccccc2n2c3c(c4cccc5c4c(c(C)n5C)c12)C=C=C3. The van der Waals surface area contributed by atoms with E-state index >= 15 is 0 Å². The topological polar surface area (TPSA) is 9.34 Å². The van der Waals surface area contributed by atoms with Gasteiger partial charge in [-0.2, -0.15) is 0 Å². The smallest absolute Gasteiger partial charge is 0.0638 e. The van der Waals surface area contributed by atoms with Gasteiger partial charge in [0.15, 0.2) is 0 Å². The molecule has 2 nitrogen and oxygen atoms in total. The Bertz CT molecular complexity index is 1530. The molecule has 3 aromatic heterocycles. The van der Waals surface area contributed by atoms with Crippen LogP contribution in [0, 0.1) is 6.92 Å². The minimum atomic E-state index is 1.19.